The van der Waals surface area contributed by atoms with Crippen LogP contribution in [0.15, 0.2) is 12.7 Å². The average Bonchev–Trinajstić information content (AvgIpc) is 2.83. The molecule has 1 saturated heterocycles. The van der Waals surface area contributed by atoms with E-state index in [-0.39, 0.29) is 5.60 Å². The van der Waals surface area contributed by atoms with Crippen LogP contribution in [0.5, 0.6) is 0 Å². The molecule has 2 nitrogen and oxygen atoms in total. The van der Waals surface area contributed by atoms with Gasteiger partial charge >= 0.3 is 0 Å². The van der Waals surface area contributed by atoms with E-state index in [1.54, 1.807) is 0 Å². The van der Waals surface area contributed by atoms with Crippen molar-refractivity contribution in [1.82, 2.24) is 0 Å². The molecule has 1 saturated carbocycles. The Morgan fingerprint density at radius 3 is 2.80 bits per heavy atom. The van der Waals surface area contributed by atoms with Gasteiger partial charge in [-0.05, 0) is 12.8 Å². The van der Waals surface area contributed by atoms with E-state index < -0.39 is 0 Å². The van der Waals surface area contributed by atoms with Gasteiger partial charge in [0.2, 0.25) is 0 Å². The second kappa shape index (κ2) is 2.07. The van der Waals surface area contributed by atoms with Crippen molar-refractivity contribution >= 4 is 0 Å². The monoisotopic (exact) mass is 140 g/mol. The standard InChI is InChI=1S/C8H12O2/c1-2-8(3-4-8)10-6-7-5-9-7/h2,7H,1,3-6H2. The molecule has 56 valence electrons. The highest BCUT2D eigenvalue weighted by atomic mass is 16.6. The number of hydrogen-bond acceptors (Lipinski definition) is 2. The van der Waals surface area contributed by atoms with Crippen LogP contribution in [0.1, 0.15) is 12.8 Å². The summed E-state index contributed by atoms with van der Waals surface area (Å²) in [4.78, 5) is 0. The molecule has 0 radical (unpaired) electrons. The predicted octanol–water partition coefficient (Wildman–Crippen LogP) is 1.12. The molecule has 0 spiro atoms. The molecule has 2 aliphatic rings. The average molecular weight is 140 g/mol. The van der Waals surface area contributed by atoms with Crippen molar-refractivity contribution in [2.24, 2.45) is 0 Å². The molecule has 2 rings (SSSR count). The SMILES string of the molecule is C=CC1(OCC2CO2)CC1. The number of hydrogen-bond donors (Lipinski definition) is 0. The Hall–Kier alpha value is -0.340. The minimum Gasteiger partial charge on any atom is -0.371 e. The predicted molar refractivity (Wildman–Crippen MR) is 37.9 cm³/mol. The van der Waals surface area contributed by atoms with Gasteiger partial charge in [0, 0.05) is 0 Å². The van der Waals surface area contributed by atoms with E-state index in [0.29, 0.717) is 6.10 Å². The highest BCUT2D eigenvalue weighted by Gasteiger charge is 2.42. The van der Waals surface area contributed by atoms with Crippen molar-refractivity contribution in [3.63, 3.8) is 0 Å². The van der Waals surface area contributed by atoms with E-state index in [1.807, 2.05) is 6.08 Å². The maximum Gasteiger partial charge on any atom is 0.104 e. The minimum atomic E-state index is 0.0476. The Morgan fingerprint density at radius 2 is 2.40 bits per heavy atom. The zero-order valence-corrected chi connectivity index (χ0v) is 6.01. The van der Waals surface area contributed by atoms with Gasteiger partial charge in [0.1, 0.15) is 6.10 Å². The maximum atomic E-state index is 5.57. The molecule has 1 heterocycles. The molecule has 0 bridgehead atoms. The van der Waals surface area contributed by atoms with Gasteiger partial charge in [-0.1, -0.05) is 6.08 Å². The van der Waals surface area contributed by atoms with Crippen LogP contribution >= 0.6 is 0 Å². The Balaban J connectivity index is 1.72. The first-order valence-electron chi connectivity index (χ1n) is 3.74. The summed E-state index contributed by atoms with van der Waals surface area (Å²) in [6.45, 7) is 5.37. The molecule has 2 heteroatoms. The van der Waals surface area contributed by atoms with Crippen LogP contribution in [0.3, 0.4) is 0 Å². The van der Waals surface area contributed by atoms with Crippen molar-refractivity contribution in [2.75, 3.05) is 13.2 Å². The van der Waals surface area contributed by atoms with Gasteiger partial charge in [-0.15, -0.1) is 6.58 Å². The molecule has 0 aromatic heterocycles. The largest absolute Gasteiger partial charge is 0.371 e. The second-order valence-electron chi connectivity index (χ2n) is 3.04. The van der Waals surface area contributed by atoms with Crippen LogP contribution in [0.4, 0.5) is 0 Å². The molecule has 1 atom stereocenters. The fourth-order valence-corrected chi connectivity index (χ4v) is 0.954. The van der Waals surface area contributed by atoms with Crippen LogP contribution in [0.25, 0.3) is 0 Å². The second-order valence-corrected chi connectivity index (χ2v) is 3.04. The third kappa shape index (κ3) is 1.22. The number of ether oxygens (including phenoxy) is 2. The Labute approximate surface area is 60.8 Å². The Bertz CT molecular complexity index is 145. The lowest BCUT2D eigenvalue weighted by molar-refractivity contribution is 0.0552. The lowest BCUT2D eigenvalue weighted by Crippen LogP contribution is -2.14. The summed E-state index contributed by atoms with van der Waals surface area (Å²) in [5.41, 5.74) is 0.0476. The van der Waals surface area contributed by atoms with E-state index in [9.17, 15) is 0 Å². The van der Waals surface area contributed by atoms with Crippen molar-refractivity contribution in [2.45, 2.75) is 24.5 Å². The van der Waals surface area contributed by atoms with Crippen LogP contribution in [-0.2, 0) is 9.47 Å². The van der Waals surface area contributed by atoms with E-state index >= 15 is 0 Å². The summed E-state index contributed by atoms with van der Waals surface area (Å²) in [5, 5.41) is 0. The normalized spacial score (nSPS) is 33.4. The first-order valence-corrected chi connectivity index (χ1v) is 3.74. The van der Waals surface area contributed by atoms with E-state index in [2.05, 4.69) is 6.58 Å². The zero-order valence-electron chi connectivity index (χ0n) is 6.01. The van der Waals surface area contributed by atoms with Gasteiger partial charge in [-0.2, -0.15) is 0 Å². The first kappa shape index (κ1) is 6.38. The third-order valence-corrected chi connectivity index (χ3v) is 2.07. The third-order valence-electron chi connectivity index (χ3n) is 2.07. The zero-order chi connectivity index (χ0) is 7.03. The summed E-state index contributed by atoms with van der Waals surface area (Å²) in [6.07, 6.45) is 4.58. The van der Waals surface area contributed by atoms with Crippen LogP contribution < -0.4 is 0 Å². The quantitative estimate of drug-likeness (QED) is 0.431. The molecule has 1 aliphatic carbocycles. The van der Waals surface area contributed by atoms with Crippen molar-refractivity contribution in [3.8, 4) is 0 Å². The molecule has 1 aliphatic heterocycles. The molecule has 10 heavy (non-hydrogen) atoms. The van der Waals surface area contributed by atoms with Gasteiger partial charge in [-0.3, -0.25) is 0 Å². The van der Waals surface area contributed by atoms with Crippen LogP contribution in [-0.4, -0.2) is 24.9 Å². The van der Waals surface area contributed by atoms with Crippen molar-refractivity contribution in [3.05, 3.63) is 12.7 Å². The Kier molecular flexibility index (Phi) is 1.32. The maximum absolute atomic E-state index is 5.57. The van der Waals surface area contributed by atoms with Crippen molar-refractivity contribution in [1.29, 1.82) is 0 Å². The molecular weight excluding hydrogens is 128 g/mol. The van der Waals surface area contributed by atoms with Gasteiger partial charge in [0.15, 0.2) is 0 Å². The fraction of sp³-hybridized carbons (Fsp3) is 0.750. The number of rotatable bonds is 4. The van der Waals surface area contributed by atoms with E-state index in [4.69, 9.17) is 9.47 Å². The highest BCUT2D eigenvalue weighted by Crippen LogP contribution is 2.40. The summed E-state index contributed by atoms with van der Waals surface area (Å²) in [5.74, 6) is 0. The fourth-order valence-electron chi connectivity index (χ4n) is 0.954. The summed E-state index contributed by atoms with van der Waals surface area (Å²) in [7, 11) is 0. The molecule has 0 amide bonds. The van der Waals surface area contributed by atoms with Gasteiger partial charge in [-0.25, -0.2) is 0 Å². The van der Waals surface area contributed by atoms with E-state index in [1.165, 1.54) is 0 Å². The van der Waals surface area contributed by atoms with Gasteiger partial charge < -0.3 is 9.47 Å². The summed E-state index contributed by atoms with van der Waals surface area (Å²) < 4.78 is 10.6. The lowest BCUT2D eigenvalue weighted by atomic mass is 10.3. The molecule has 0 aromatic rings. The minimum absolute atomic E-state index is 0.0476. The summed E-state index contributed by atoms with van der Waals surface area (Å²) in [6, 6.07) is 0. The van der Waals surface area contributed by atoms with Crippen LogP contribution in [0, 0.1) is 0 Å². The van der Waals surface area contributed by atoms with Gasteiger partial charge in [0.25, 0.3) is 0 Å². The van der Waals surface area contributed by atoms with Gasteiger partial charge in [0.05, 0.1) is 18.8 Å². The first-order chi connectivity index (χ1) is 4.85. The summed E-state index contributed by atoms with van der Waals surface area (Å²) >= 11 is 0. The molecular formula is C8H12O2. The van der Waals surface area contributed by atoms with Crippen molar-refractivity contribution < 1.29 is 9.47 Å². The number of epoxide rings is 1. The van der Waals surface area contributed by atoms with Crippen LogP contribution in [0.2, 0.25) is 0 Å². The topological polar surface area (TPSA) is 21.8 Å². The molecule has 0 aromatic carbocycles. The molecule has 1 unspecified atom stereocenters. The Morgan fingerprint density at radius 1 is 1.70 bits per heavy atom. The smallest absolute Gasteiger partial charge is 0.104 e. The van der Waals surface area contributed by atoms with E-state index in [0.717, 1.165) is 26.1 Å². The molecule has 2 fully saturated rings. The highest BCUT2D eigenvalue weighted by molar-refractivity contribution is 5.09. The lowest BCUT2D eigenvalue weighted by Gasteiger charge is -2.08. The molecule has 0 N–H and O–H groups in total.